The number of nitrogens with one attached hydrogen (secondary N) is 1. The highest BCUT2D eigenvalue weighted by Gasteiger charge is 2.26. The molecule has 18 heavy (non-hydrogen) atoms. The number of aliphatic carboxylic acids is 1. The van der Waals surface area contributed by atoms with Crippen LogP contribution in [-0.4, -0.2) is 28.1 Å². The average molecular weight is 251 g/mol. The van der Waals surface area contributed by atoms with Gasteiger partial charge < -0.3 is 15.5 Å². The first-order valence-electron chi connectivity index (χ1n) is 5.69. The molecule has 2 atom stereocenters. The SMILES string of the molecule is CC(C)[C@H](NC(=O)[C@H](O)c1ccccc1)C(=O)O. The highest BCUT2D eigenvalue weighted by atomic mass is 16.4. The number of carboxylic acid groups (broad SMARTS) is 1. The van der Waals surface area contributed by atoms with Crippen molar-refractivity contribution >= 4 is 11.9 Å². The molecule has 0 unspecified atom stereocenters. The maximum atomic E-state index is 11.7. The Kier molecular flexibility index (Phi) is 4.85. The molecule has 0 fully saturated rings. The highest BCUT2D eigenvalue weighted by molar-refractivity contribution is 5.87. The van der Waals surface area contributed by atoms with Gasteiger partial charge in [-0.3, -0.25) is 4.79 Å². The molecule has 1 amide bonds. The van der Waals surface area contributed by atoms with E-state index in [-0.39, 0.29) is 5.92 Å². The van der Waals surface area contributed by atoms with Crippen LogP contribution in [0.2, 0.25) is 0 Å². The van der Waals surface area contributed by atoms with Crippen molar-refractivity contribution < 1.29 is 19.8 Å². The van der Waals surface area contributed by atoms with E-state index in [2.05, 4.69) is 5.32 Å². The summed E-state index contributed by atoms with van der Waals surface area (Å²) in [6.07, 6.45) is -1.35. The lowest BCUT2D eigenvalue weighted by Gasteiger charge is -2.20. The number of aliphatic hydroxyl groups excluding tert-OH is 1. The van der Waals surface area contributed by atoms with Crippen molar-refractivity contribution in [1.82, 2.24) is 5.32 Å². The molecule has 3 N–H and O–H groups in total. The van der Waals surface area contributed by atoms with E-state index < -0.39 is 24.0 Å². The lowest BCUT2D eigenvalue weighted by molar-refractivity contribution is -0.144. The molecule has 0 heterocycles. The van der Waals surface area contributed by atoms with Crippen LogP contribution < -0.4 is 5.32 Å². The molecule has 1 rings (SSSR count). The fourth-order valence-corrected chi connectivity index (χ4v) is 1.53. The van der Waals surface area contributed by atoms with Crippen molar-refractivity contribution in [2.75, 3.05) is 0 Å². The van der Waals surface area contributed by atoms with Crippen molar-refractivity contribution in [3.63, 3.8) is 0 Å². The van der Waals surface area contributed by atoms with Crippen LogP contribution in [0.1, 0.15) is 25.5 Å². The highest BCUT2D eigenvalue weighted by Crippen LogP contribution is 2.13. The first-order chi connectivity index (χ1) is 8.43. The van der Waals surface area contributed by atoms with Crippen LogP contribution in [0.15, 0.2) is 30.3 Å². The second-order valence-corrected chi connectivity index (χ2v) is 4.38. The van der Waals surface area contributed by atoms with Crippen molar-refractivity contribution in [2.45, 2.75) is 26.0 Å². The van der Waals surface area contributed by atoms with Crippen LogP contribution in [0.4, 0.5) is 0 Å². The smallest absolute Gasteiger partial charge is 0.326 e. The van der Waals surface area contributed by atoms with Gasteiger partial charge in [0.15, 0.2) is 6.10 Å². The molecule has 0 aliphatic heterocycles. The lowest BCUT2D eigenvalue weighted by atomic mass is 10.0. The quantitative estimate of drug-likeness (QED) is 0.727. The van der Waals surface area contributed by atoms with Crippen LogP contribution in [0.3, 0.4) is 0 Å². The molecule has 0 bridgehead atoms. The normalized spacial score (nSPS) is 14.0. The molecule has 1 aromatic carbocycles. The second kappa shape index (κ2) is 6.16. The van der Waals surface area contributed by atoms with E-state index in [0.717, 1.165) is 0 Å². The Hall–Kier alpha value is -1.88. The van der Waals surface area contributed by atoms with Gasteiger partial charge in [0.05, 0.1) is 0 Å². The molecule has 0 aliphatic carbocycles. The van der Waals surface area contributed by atoms with Gasteiger partial charge in [-0.05, 0) is 11.5 Å². The van der Waals surface area contributed by atoms with E-state index in [4.69, 9.17) is 5.11 Å². The topological polar surface area (TPSA) is 86.6 Å². The molecular formula is C13H17NO4. The summed E-state index contributed by atoms with van der Waals surface area (Å²) in [5, 5.41) is 21.1. The van der Waals surface area contributed by atoms with Gasteiger partial charge in [-0.15, -0.1) is 0 Å². The summed E-state index contributed by atoms with van der Waals surface area (Å²) in [6, 6.07) is 7.37. The largest absolute Gasteiger partial charge is 0.480 e. The minimum absolute atomic E-state index is 0.255. The molecule has 0 saturated heterocycles. The lowest BCUT2D eigenvalue weighted by Crippen LogP contribution is -2.46. The molecule has 98 valence electrons. The Labute approximate surface area is 105 Å². The number of amides is 1. The molecule has 0 saturated carbocycles. The molecule has 0 spiro atoms. The zero-order valence-electron chi connectivity index (χ0n) is 10.3. The third-order valence-electron chi connectivity index (χ3n) is 2.59. The molecule has 5 heteroatoms. The van der Waals surface area contributed by atoms with Gasteiger partial charge in [0, 0.05) is 0 Å². The van der Waals surface area contributed by atoms with Crippen LogP contribution in [0.25, 0.3) is 0 Å². The first kappa shape index (κ1) is 14.2. The molecule has 0 aliphatic rings. The number of aliphatic hydroxyl groups is 1. The van der Waals surface area contributed by atoms with Gasteiger partial charge in [0.25, 0.3) is 5.91 Å². The number of rotatable bonds is 5. The van der Waals surface area contributed by atoms with Gasteiger partial charge in [0.1, 0.15) is 6.04 Å². The summed E-state index contributed by atoms with van der Waals surface area (Å²) in [4.78, 5) is 22.7. The van der Waals surface area contributed by atoms with Gasteiger partial charge in [-0.1, -0.05) is 44.2 Å². The maximum Gasteiger partial charge on any atom is 0.326 e. The minimum Gasteiger partial charge on any atom is -0.480 e. The van der Waals surface area contributed by atoms with E-state index >= 15 is 0 Å². The van der Waals surface area contributed by atoms with Crippen molar-refractivity contribution in [2.24, 2.45) is 5.92 Å². The Balaban J connectivity index is 2.73. The summed E-state index contributed by atoms with van der Waals surface area (Å²) in [6.45, 7) is 3.38. The Morgan fingerprint density at radius 1 is 1.17 bits per heavy atom. The van der Waals surface area contributed by atoms with Crippen LogP contribution in [0.5, 0.6) is 0 Å². The summed E-state index contributed by atoms with van der Waals surface area (Å²) in [7, 11) is 0. The number of carboxylic acids is 1. The van der Waals surface area contributed by atoms with Gasteiger partial charge in [-0.2, -0.15) is 0 Å². The Morgan fingerprint density at radius 3 is 2.17 bits per heavy atom. The number of carbonyl (C=O) groups excluding carboxylic acids is 1. The third-order valence-corrected chi connectivity index (χ3v) is 2.59. The number of hydrogen-bond donors (Lipinski definition) is 3. The van der Waals surface area contributed by atoms with E-state index in [1.54, 1.807) is 44.2 Å². The predicted octanol–water partition coefficient (Wildman–Crippen LogP) is 0.945. The molecule has 0 aromatic heterocycles. The van der Waals surface area contributed by atoms with Crippen molar-refractivity contribution in [3.8, 4) is 0 Å². The molecule has 1 aromatic rings. The Morgan fingerprint density at radius 2 is 1.72 bits per heavy atom. The number of benzene rings is 1. The van der Waals surface area contributed by atoms with Crippen LogP contribution in [-0.2, 0) is 9.59 Å². The van der Waals surface area contributed by atoms with Crippen LogP contribution in [0, 0.1) is 5.92 Å². The summed E-state index contributed by atoms with van der Waals surface area (Å²) < 4.78 is 0. The van der Waals surface area contributed by atoms with E-state index in [0.29, 0.717) is 5.56 Å². The molecule has 5 nitrogen and oxygen atoms in total. The summed E-state index contributed by atoms with van der Waals surface area (Å²) in [5.74, 6) is -2.07. The first-order valence-corrected chi connectivity index (χ1v) is 5.69. The van der Waals surface area contributed by atoms with E-state index in [1.165, 1.54) is 0 Å². The predicted molar refractivity (Wildman–Crippen MR) is 65.8 cm³/mol. The summed E-state index contributed by atoms with van der Waals surface area (Å²) in [5.41, 5.74) is 0.433. The zero-order valence-corrected chi connectivity index (χ0v) is 10.3. The standard InChI is InChI=1S/C13H17NO4/c1-8(2)10(13(17)18)14-12(16)11(15)9-6-4-3-5-7-9/h3-8,10-11,15H,1-2H3,(H,14,16)(H,17,18)/t10-,11+/m0/s1. The van der Waals surface area contributed by atoms with E-state index in [1.807, 2.05) is 0 Å². The average Bonchev–Trinajstić information content (AvgIpc) is 2.35. The van der Waals surface area contributed by atoms with Crippen molar-refractivity contribution in [3.05, 3.63) is 35.9 Å². The van der Waals surface area contributed by atoms with Crippen molar-refractivity contribution in [1.29, 1.82) is 0 Å². The van der Waals surface area contributed by atoms with Gasteiger partial charge in [0.2, 0.25) is 0 Å². The van der Waals surface area contributed by atoms with E-state index in [9.17, 15) is 14.7 Å². The molecular weight excluding hydrogens is 234 g/mol. The number of carbonyl (C=O) groups is 2. The zero-order chi connectivity index (χ0) is 13.7. The fourth-order valence-electron chi connectivity index (χ4n) is 1.53. The Bertz CT molecular complexity index is 416. The minimum atomic E-state index is -1.35. The fraction of sp³-hybridized carbons (Fsp3) is 0.385. The van der Waals surface area contributed by atoms with Gasteiger partial charge >= 0.3 is 5.97 Å². The summed E-state index contributed by atoms with van der Waals surface area (Å²) >= 11 is 0. The third kappa shape index (κ3) is 3.56. The number of hydrogen-bond acceptors (Lipinski definition) is 3. The second-order valence-electron chi connectivity index (χ2n) is 4.38. The maximum absolute atomic E-state index is 11.7. The van der Waals surface area contributed by atoms with Crippen LogP contribution >= 0.6 is 0 Å². The monoisotopic (exact) mass is 251 g/mol. The van der Waals surface area contributed by atoms with Gasteiger partial charge in [-0.25, -0.2) is 4.79 Å². The molecule has 0 radical (unpaired) electrons.